The molecule has 6 heteroatoms. The first-order valence-corrected chi connectivity index (χ1v) is 8.00. The number of carboxylic acids is 1. The third-order valence-corrected chi connectivity index (χ3v) is 3.48. The second-order valence-electron chi connectivity index (χ2n) is 4.49. The summed E-state index contributed by atoms with van der Waals surface area (Å²) in [5, 5.41) is 12.0. The number of amides is 1. The summed E-state index contributed by atoms with van der Waals surface area (Å²) < 4.78 is 5.32. The van der Waals surface area contributed by atoms with E-state index in [4.69, 9.17) is 9.52 Å². The van der Waals surface area contributed by atoms with Gasteiger partial charge in [0.2, 0.25) is 0 Å². The van der Waals surface area contributed by atoms with Gasteiger partial charge in [-0.2, -0.15) is 0 Å². The summed E-state index contributed by atoms with van der Waals surface area (Å²) in [4.78, 5) is 22.0. The van der Waals surface area contributed by atoms with Gasteiger partial charge in [0.15, 0.2) is 10.9 Å². The van der Waals surface area contributed by atoms with Crippen LogP contribution in [0.3, 0.4) is 0 Å². The molecule has 0 aromatic carbocycles. The van der Waals surface area contributed by atoms with Gasteiger partial charge in [-0.15, -0.1) is 0 Å². The third kappa shape index (κ3) is 6.65. The zero-order chi connectivity index (χ0) is 14.8. The minimum absolute atomic E-state index is 0.184. The SMILES string of the molecule is CSc1ccc(C(=O)NCCCCCCCC(=O)O)o1. The van der Waals surface area contributed by atoms with Gasteiger partial charge in [0.1, 0.15) is 0 Å². The molecule has 0 spiro atoms. The molecule has 0 aliphatic heterocycles. The van der Waals surface area contributed by atoms with Crippen molar-refractivity contribution >= 4 is 23.6 Å². The molecule has 1 aromatic rings. The summed E-state index contributed by atoms with van der Waals surface area (Å²) in [6, 6.07) is 3.45. The van der Waals surface area contributed by atoms with E-state index < -0.39 is 5.97 Å². The number of carboxylic acid groups (broad SMARTS) is 1. The number of hydrogen-bond acceptors (Lipinski definition) is 4. The lowest BCUT2D eigenvalue weighted by atomic mass is 10.1. The van der Waals surface area contributed by atoms with E-state index in [0.29, 0.717) is 12.3 Å². The van der Waals surface area contributed by atoms with E-state index in [-0.39, 0.29) is 12.3 Å². The Bertz CT molecular complexity index is 431. The standard InChI is InChI=1S/C14H21NO4S/c1-20-13-9-8-11(19-13)14(18)15-10-6-4-2-3-5-7-12(16)17/h8-9H,2-7,10H2,1H3,(H,15,18)(H,16,17). The second kappa shape index (κ2) is 9.47. The normalized spacial score (nSPS) is 10.4. The van der Waals surface area contributed by atoms with Crippen molar-refractivity contribution in [2.45, 2.75) is 43.6 Å². The predicted octanol–water partition coefficient (Wildman–Crippen LogP) is 3.16. The van der Waals surface area contributed by atoms with Crippen LogP contribution in [0, 0.1) is 0 Å². The molecule has 0 radical (unpaired) electrons. The quantitative estimate of drug-likeness (QED) is 0.512. The largest absolute Gasteiger partial charge is 0.481 e. The molecular weight excluding hydrogens is 278 g/mol. The summed E-state index contributed by atoms with van der Waals surface area (Å²) in [5.41, 5.74) is 0. The smallest absolute Gasteiger partial charge is 0.303 e. The topological polar surface area (TPSA) is 79.5 Å². The minimum atomic E-state index is -0.736. The molecule has 0 aliphatic carbocycles. The molecule has 0 bridgehead atoms. The fourth-order valence-electron chi connectivity index (χ4n) is 1.77. The van der Waals surface area contributed by atoms with Crippen molar-refractivity contribution in [2.75, 3.05) is 12.8 Å². The number of unbranched alkanes of at least 4 members (excludes halogenated alkanes) is 4. The number of nitrogens with one attached hydrogen (secondary N) is 1. The lowest BCUT2D eigenvalue weighted by molar-refractivity contribution is -0.137. The van der Waals surface area contributed by atoms with Crippen LogP contribution in [0.5, 0.6) is 0 Å². The number of carbonyl (C=O) groups excluding carboxylic acids is 1. The highest BCUT2D eigenvalue weighted by Gasteiger charge is 2.09. The predicted molar refractivity (Wildman–Crippen MR) is 78.2 cm³/mol. The van der Waals surface area contributed by atoms with Crippen LogP contribution in [0.15, 0.2) is 21.6 Å². The highest BCUT2D eigenvalue weighted by molar-refractivity contribution is 7.98. The molecule has 0 aliphatic rings. The Morgan fingerprint density at radius 3 is 2.55 bits per heavy atom. The molecule has 1 heterocycles. The van der Waals surface area contributed by atoms with Gasteiger partial charge in [-0.1, -0.05) is 31.0 Å². The first kappa shape index (κ1) is 16.6. The molecule has 0 unspecified atom stereocenters. The van der Waals surface area contributed by atoms with Gasteiger partial charge in [-0.25, -0.2) is 0 Å². The Morgan fingerprint density at radius 1 is 1.20 bits per heavy atom. The Labute approximate surface area is 123 Å². The first-order chi connectivity index (χ1) is 9.63. The van der Waals surface area contributed by atoms with Crippen molar-refractivity contribution in [1.29, 1.82) is 0 Å². The summed E-state index contributed by atoms with van der Waals surface area (Å²) >= 11 is 1.46. The van der Waals surface area contributed by atoms with E-state index in [0.717, 1.165) is 37.2 Å². The molecule has 1 aromatic heterocycles. The second-order valence-corrected chi connectivity index (χ2v) is 5.30. The Hall–Kier alpha value is -1.43. The maximum Gasteiger partial charge on any atom is 0.303 e. The van der Waals surface area contributed by atoms with Crippen LogP contribution < -0.4 is 5.32 Å². The van der Waals surface area contributed by atoms with Crippen molar-refractivity contribution in [3.05, 3.63) is 17.9 Å². The summed E-state index contributed by atoms with van der Waals surface area (Å²) in [6.45, 7) is 0.618. The molecule has 0 fully saturated rings. The summed E-state index contributed by atoms with van der Waals surface area (Å²) in [6.07, 6.45) is 6.68. The van der Waals surface area contributed by atoms with Crippen LogP contribution >= 0.6 is 11.8 Å². The number of furan rings is 1. The molecule has 2 N–H and O–H groups in total. The van der Waals surface area contributed by atoms with Gasteiger partial charge in [-0.05, 0) is 31.2 Å². The lowest BCUT2D eigenvalue weighted by Gasteiger charge is -2.03. The number of rotatable bonds is 10. The van der Waals surface area contributed by atoms with E-state index in [1.807, 2.05) is 6.26 Å². The zero-order valence-corrected chi connectivity index (χ0v) is 12.5. The van der Waals surface area contributed by atoms with Crippen LogP contribution in [0.25, 0.3) is 0 Å². The molecule has 0 atom stereocenters. The van der Waals surface area contributed by atoms with Crippen LogP contribution in [0.2, 0.25) is 0 Å². The van der Waals surface area contributed by atoms with Crippen molar-refractivity contribution in [3.63, 3.8) is 0 Å². The molecule has 1 rings (SSSR count). The zero-order valence-electron chi connectivity index (χ0n) is 11.7. The van der Waals surface area contributed by atoms with Gasteiger partial charge >= 0.3 is 5.97 Å². The van der Waals surface area contributed by atoms with Crippen LogP contribution in [0.1, 0.15) is 49.1 Å². The van der Waals surface area contributed by atoms with Crippen molar-refractivity contribution in [1.82, 2.24) is 5.32 Å². The molecule has 5 nitrogen and oxygen atoms in total. The van der Waals surface area contributed by atoms with E-state index in [1.165, 1.54) is 11.8 Å². The Kier molecular flexibility index (Phi) is 7.87. The molecule has 0 saturated carbocycles. The maximum absolute atomic E-state index is 11.7. The average Bonchev–Trinajstić information content (AvgIpc) is 2.90. The van der Waals surface area contributed by atoms with Gasteiger partial charge in [0, 0.05) is 13.0 Å². The summed E-state index contributed by atoms with van der Waals surface area (Å²) in [7, 11) is 0. The maximum atomic E-state index is 11.7. The lowest BCUT2D eigenvalue weighted by Crippen LogP contribution is -2.23. The number of thioether (sulfide) groups is 1. The third-order valence-electron chi connectivity index (χ3n) is 2.86. The van der Waals surface area contributed by atoms with E-state index in [1.54, 1.807) is 12.1 Å². The molecular formula is C14H21NO4S. The van der Waals surface area contributed by atoms with Crippen molar-refractivity contribution in [2.24, 2.45) is 0 Å². The summed E-state index contributed by atoms with van der Waals surface area (Å²) in [5.74, 6) is -0.577. The van der Waals surface area contributed by atoms with Gasteiger partial charge in [0.05, 0.1) is 0 Å². The Morgan fingerprint density at radius 2 is 1.90 bits per heavy atom. The Balaban J connectivity index is 2.03. The van der Waals surface area contributed by atoms with Gasteiger partial charge < -0.3 is 14.8 Å². The van der Waals surface area contributed by atoms with E-state index in [2.05, 4.69) is 5.32 Å². The number of aliphatic carboxylic acids is 1. The monoisotopic (exact) mass is 299 g/mol. The fraction of sp³-hybridized carbons (Fsp3) is 0.571. The van der Waals surface area contributed by atoms with Gasteiger partial charge in [0.25, 0.3) is 5.91 Å². The van der Waals surface area contributed by atoms with Crippen molar-refractivity contribution in [3.8, 4) is 0 Å². The van der Waals surface area contributed by atoms with Crippen LogP contribution in [0.4, 0.5) is 0 Å². The highest BCUT2D eigenvalue weighted by Crippen LogP contribution is 2.17. The highest BCUT2D eigenvalue weighted by atomic mass is 32.2. The van der Waals surface area contributed by atoms with E-state index >= 15 is 0 Å². The molecule has 0 saturated heterocycles. The molecule has 20 heavy (non-hydrogen) atoms. The fourth-order valence-corrected chi connectivity index (χ4v) is 2.15. The number of hydrogen-bond donors (Lipinski definition) is 2. The first-order valence-electron chi connectivity index (χ1n) is 6.77. The van der Waals surface area contributed by atoms with Crippen molar-refractivity contribution < 1.29 is 19.1 Å². The number of carbonyl (C=O) groups is 2. The average molecular weight is 299 g/mol. The molecule has 1 amide bonds. The van der Waals surface area contributed by atoms with Gasteiger partial charge in [-0.3, -0.25) is 9.59 Å². The van der Waals surface area contributed by atoms with E-state index in [9.17, 15) is 9.59 Å². The molecule has 112 valence electrons. The van der Waals surface area contributed by atoms with Crippen LogP contribution in [-0.4, -0.2) is 29.8 Å². The minimum Gasteiger partial charge on any atom is -0.481 e. The van der Waals surface area contributed by atoms with Crippen LogP contribution in [-0.2, 0) is 4.79 Å².